The molecule has 0 saturated carbocycles. The van der Waals surface area contributed by atoms with Gasteiger partial charge in [-0.15, -0.1) is 0 Å². The molecule has 0 aliphatic carbocycles. The molecule has 0 aromatic heterocycles. The lowest BCUT2D eigenvalue weighted by Crippen LogP contribution is -2.22. The molecule has 19 heavy (non-hydrogen) atoms. The highest BCUT2D eigenvalue weighted by Gasteiger charge is 2.17. The molecule has 4 N–H and O–H groups in total. The number of hydrogen-bond donors (Lipinski definition) is 4. The summed E-state index contributed by atoms with van der Waals surface area (Å²) in [4.78, 5) is 22.0. The van der Waals surface area contributed by atoms with Gasteiger partial charge in [-0.1, -0.05) is 24.3 Å². The van der Waals surface area contributed by atoms with Crippen LogP contribution in [0.4, 0.5) is 0 Å². The minimum atomic E-state index is -1.28. The van der Waals surface area contributed by atoms with Gasteiger partial charge in [-0.05, 0) is 5.56 Å². The summed E-state index contributed by atoms with van der Waals surface area (Å²) in [7, 11) is 0. The number of ketones is 1. The molecule has 1 rings (SSSR count). The molecule has 1 aromatic rings. The van der Waals surface area contributed by atoms with E-state index in [1.165, 1.54) is 24.3 Å². The number of carboxylic acid groups (broad SMARTS) is 1. The fourth-order valence-corrected chi connectivity index (χ4v) is 1.55. The molecule has 0 amide bonds. The third kappa shape index (κ3) is 4.44. The predicted octanol–water partition coefficient (Wildman–Crippen LogP) is 0.121. The molecule has 0 bridgehead atoms. The molecule has 1 aromatic carbocycles. The molecule has 6 heteroatoms. The lowest BCUT2D eigenvalue weighted by Gasteiger charge is -2.15. The zero-order chi connectivity index (χ0) is 14.4. The smallest absolute Gasteiger partial charge is 0.303 e. The summed E-state index contributed by atoms with van der Waals surface area (Å²) in [6.45, 7) is -0.569. The Balaban J connectivity index is 2.70. The van der Waals surface area contributed by atoms with E-state index in [9.17, 15) is 19.8 Å². The number of aliphatic hydroxyl groups excluding tert-OH is 3. The molecule has 104 valence electrons. The number of rotatable bonds is 7. The number of aliphatic hydroxyl groups is 3. The fraction of sp³-hybridized carbons (Fsp3) is 0.385. The fourth-order valence-electron chi connectivity index (χ4n) is 1.55. The van der Waals surface area contributed by atoms with Crippen molar-refractivity contribution in [2.75, 3.05) is 6.61 Å². The van der Waals surface area contributed by atoms with Gasteiger partial charge >= 0.3 is 5.97 Å². The van der Waals surface area contributed by atoms with Crippen LogP contribution in [0.3, 0.4) is 0 Å². The Morgan fingerprint density at radius 3 is 2.11 bits per heavy atom. The van der Waals surface area contributed by atoms with Crippen molar-refractivity contribution in [2.45, 2.75) is 25.0 Å². The molecule has 0 spiro atoms. The first-order chi connectivity index (χ1) is 8.95. The van der Waals surface area contributed by atoms with Crippen LogP contribution in [0.5, 0.6) is 0 Å². The van der Waals surface area contributed by atoms with Crippen LogP contribution in [0.15, 0.2) is 24.3 Å². The highest BCUT2D eigenvalue weighted by molar-refractivity contribution is 5.97. The van der Waals surface area contributed by atoms with E-state index in [0.717, 1.165) is 0 Å². The molecule has 0 heterocycles. The number of carbonyl (C=O) groups is 2. The Labute approximate surface area is 109 Å². The number of aliphatic carboxylic acids is 1. The van der Waals surface area contributed by atoms with E-state index in [2.05, 4.69) is 0 Å². The van der Waals surface area contributed by atoms with Crippen molar-refractivity contribution in [3.05, 3.63) is 35.4 Å². The van der Waals surface area contributed by atoms with Crippen LogP contribution in [-0.4, -0.2) is 44.9 Å². The summed E-state index contributed by atoms with van der Waals surface area (Å²) in [6.07, 6.45) is -2.83. The number of carboxylic acids is 1. The van der Waals surface area contributed by atoms with Crippen molar-refractivity contribution >= 4 is 11.8 Å². The van der Waals surface area contributed by atoms with Crippen molar-refractivity contribution in [3.63, 3.8) is 0 Å². The first-order valence-electron chi connectivity index (χ1n) is 5.77. The maximum atomic E-state index is 11.6. The zero-order valence-corrected chi connectivity index (χ0v) is 10.2. The average Bonchev–Trinajstić information content (AvgIpc) is 2.43. The summed E-state index contributed by atoms with van der Waals surface area (Å²) in [6, 6.07) is 5.81. The summed E-state index contributed by atoms with van der Waals surface area (Å²) in [5.41, 5.74) is 0.715. The van der Waals surface area contributed by atoms with Crippen LogP contribution < -0.4 is 0 Å². The van der Waals surface area contributed by atoms with Gasteiger partial charge in [0.25, 0.3) is 0 Å². The Morgan fingerprint density at radius 1 is 1.05 bits per heavy atom. The Hall–Kier alpha value is -1.76. The van der Waals surface area contributed by atoms with Gasteiger partial charge < -0.3 is 20.4 Å². The molecule has 6 nitrogen and oxygen atoms in total. The van der Waals surface area contributed by atoms with Crippen LogP contribution >= 0.6 is 0 Å². The highest BCUT2D eigenvalue weighted by atomic mass is 16.4. The van der Waals surface area contributed by atoms with Gasteiger partial charge in [-0.3, -0.25) is 9.59 Å². The second kappa shape index (κ2) is 6.98. The van der Waals surface area contributed by atoms with Crippen molar-refractivity contribution in [1.82, 2.24) is 0 Å². The van der Waals surface area contributed by atoms with Crippen molar-refractivity contribution < 1.29 is 30.0 Å². The Morgan fingerprint density at radius 2 is 1.63 bits per heavy atom. The molecule has 2 atom stereocenters. The SMILES string of the molecule is O=C(O)CCC(=O)c1ccc(C(O)C(O)CO)cc1. The van der Waals surface area contributed by atoms with E-state index in [1.807, 2.05) is 0 Å². The molecule has 0 radical (unpaired) electrons. The van der Waals surface area contributed by atoms with Gasteiger partial charge in [0.15, 0.2) is 5.78 Å². The van der Waals surface area contributed by atoms with Crippen molar-refractivity contribution in [2.24, 2.45) is 0 Å². The summed E-state index contributed by atoms with van der Waals surface area (Å²) < 4.78 is 0. The molecular weight excluding hydrogens is 252 g/mol. The van der Waals surface area contributed by atoms with E-state index in [0.29, 0.717) is 11.1 Å². The van der Waals surface area contributed by atoms with Crippen LogP contribution in [0.1, 0.15) is 34.9 Å². The predicted molar refractivity (Wildman–Crippen MR) is 65.7 cm³/mol. The maximum absolute atomic E-state index is 11.6. The van der Waals surface area contributed by atoms with E-state index in [4.69, 9.17) is 10.2 Å². The number of Topliss-reactive ketones (excluding diaryl/α,β-unsaturated/α-hetero) is 1. The summed E-state index contributed by atoms with van der Waals surface area (Å²) in [5, 5.41) is 36.1. The quantitative estimate of drug-likeness (QED) is 0.522. The molecule has 0 saturated heterocycles. The Bertz CT molecular complexity index is 439. The average molecular weight is 268 g/mol. The second-order valence-electron chi connectivity index (χ2n) is 4.13. The largest absolute Gasteiger partial charge is 0.481 e. The van der Waals surface area contributed by atoms with Crippen molar-refractivity contribution in [1.29, 1.82) is 0 Å². The van der Waals surface area contributed by atoms with Gasteiger partial charge in [0.05, 0.1) is 13.0 Å². The first-order valence-corrected chi connectivity index (χ1v) is 5.77. The van der Waals surface area contributed by atoms with E-state index in [1.54, 1.807) is 0 Å². The third-order valence-electron chi connectivity index (χ3n) is 2.69. The summed E-state index contributed by atoms with van der Waals surface area (Å²) >= 11 is 0. The minimum Gasteiger partial charge on any atom is -0.481 e. The van der Waals surface area contributed by atoms with Gasteiger partial charge in [0, 0.05) is 12.0 Å². The topological polar surface area (TPSA) is 115 Å². The minimum absolute atomic E-state index is 0.0868. The van der Waals surface area contributed by atoms with Crippen LogP contribution in [-0.2, 0) is 4.79 Å². The molecule has 0 fully saturated rings. The standard InChI is InChI=1S/C13H16O6/c14-7-11(16)13(19)9-3-1-8(2-4-9)10(15)5-6-12(17)18/h1-4,11,13-14,16,19H,5-7H2,(H,17,18). The highest BCUT2D eigenvalue weighted by Crippen LogP contribution is 2.18. The van der Waals surface area contributed by atoms with Crippen LogP contribution in [0.2, 0.25) is 0 Å². The number of hydrogen-bond acceptors (Lipinski definition) is 5. The van der Waals surface area contributed by atoms with Crippen LogP contribution in [0, 0.1) is 0 Å². The van der Waals surface area contributed by atoms with E-state index < -0.39 is 24.8 Å². The number of carbonyl (C=O) groups excluding carboxylic acids is 1. The van der Waals surface area contributed by atoms with E-state index in [-0.39, 0.29) is 18.6 Å². The lowest BCUT2D eigenvalue weighted by atomic mass is 10.0. The molecule has 2 unspecified atom stereocenters. The molecular formula is C13H16O6. The first kappa shape index (κ1) is 15.3. The third-order valence-corrected chi connectivity index (χ3v) is 2.69. The molecule has 0 aliphatic heterocycles. The number of benzene rings is 1. The van der Waals surface area contributed by atoms with Gasteiger partial charge in [0.2, 0.25) is 0 Å². The van der Waals surface area contributed by atoms with E-state index >= 15 is 0 Å². The monoisotopic (exact) mass is 268 g/mol. The van der Waals surface area contributed by atoms with Gasteiger partial charge in [-0.2, -0.15) is 0 Å². The normalized spacial score (nSPS) is 13.8. The van der Waals surface area contributed by atoms with Gasteiger partial charge in [0.1, 0.15) is 12.2 Å². The van der Waals surface area contributed by atoms with Crippen molar-refractivity contribution in [3.8, 4) is 0 Å². The lowest BCUT2D eigenvalue weighted by molar-refractivity contribution is -0.136. The zero-order valence-electron chi connectivity index (χ0n) is 10.2. The molecule has 0 aliphatic rings. The van der Waals surface area contributed by atoms with Gasteiger partial charge in [-0.25, -0.2) is 0 Å². The van der Waals surface area contributed by atoms with Crippen LogP contribution in [0.25, 0.3) is 0 Å². The second-order valence-corrected chi connectivity index (χ2v) is 4.13. The summed E-state index contributed by atoms with van der Waals surface area (Å²) in [5.74, 6) is -1.34. The Kier molecular flexibility index (Phi) is 5.62. The maximum Gasteiger partial charge on any atom is 0.303 e.